The van der Waals surface area contributed by atoms with Gasteiger partial charge in [0.15, 0.2) is 0 Å². The van der Waals surface area contributed by atoms with Crippen LogP contribution in [0, 0.1) is 10.8 Å². The van der Waals surface area contributed by atoms with Crippen LogP contribution in [-0.4, -0.2) is 44.4 Å². The second-order valence-corrected chi connectivity index (χ2v) is 7.60. The summed E-state index contributed by atoms with van der Waals surface area (Å²) in [6.07, 6.45) is 8.94. The van der Waals surface area contributed by atoms with Crippen LogP contribution in [0.4, 0.5) is 0 Å². The van der Waals surface area contributed by atoms with Crippen molar-refractivity contribution in [2.45, 2.75) is 70.4 Å². The summed E-state index contributed by atoms with van der Waals surface area (Å²) >= 11 is 0. The summed E-state index contributed by atoms with van der Waals surface area (Å²) in [5, 5.41) is 3.37. The molecule has 3 N–H and O–H groups in total. The number of halogens is 1. The number of ether oxygens (including phenoxy) is 2. The molecule has 2 aliphatic carbocycles. The zero-order valence-corrected chi connectivity index (χ0v) is 15.7. The highest BCUT2D eigenvalue weighted by Gasteiger charge is 2.57. The van der Waals surface area contributed by atoms with Gasteiger partial charge in [-0.3, -0.25) is 4.79 Å². The molecule has 0 aromatic carbocycles. The number of hydrogen-bond donors (Lipinski definition) is 2. The third kappa shape index (κ3) is 3.46. The molecule has 2 unspecified atom stereocenters. The van der Waals surface area contributed by atoms with Crippen molar-refractivity contribution in [2.24, 2.45) is 16.6 Å². The summed E-state index contributed by atoms with van der Waals surface area (Å²) < 4.78 is 11.4. The van der Waals surface area contributed by atoms with Crippen molar-refractivity contribution in [3.05, 3.63) is 0 Å². The van der Waals surface area contributed by atoms with Crippen molar-refractivity contribution >= 4 is 18.3 Å². The van der Waals surface area contributed by atoms with Gasteiger partial charge in [0.25, 0.3) is 0 Å². The molecule has 0 aromatic heterocycles. The van der Waals surface area contributed by atoms with Crippen LogP contribution in [-0.2, 0) is 14.3 Å². The third-order valence-corrected chi connectivity index (χ3v) is 6.56. The molecule has 1 amide bonds. The molecule has 140 valence electrons. The molecule has 2 saturated carbocycles. The lowest BCUT2D eigenvalue weighted by molar-refractivity contribution is -0.163. The quantitative estimate of drug-likeness (QED) is 0.789. The number of amides is 1. The maximum absolute atomic E-state index is 13.0. The van der Waals surface area contributed by atoms with Crippen molar-refractivity contribution in [1.29, 1.82) is 0 Å². The van der Waals surface area contributed by atoms with E-state index in [0.717, 1.165) is 25.9 Å². The van der Waals surface area contributed by atoms with Crippen LogP contribution in [0.2, 0.25) is 0 Å². The highest BCUT2D eigenvalue weighted by molar-refractivity contribution is 5.85. The van der Waals surface area contributed by atoms with Gasteiger partial charge in [-0.15, -0.1) is 12.4 Å². The summed E-state index contributed by atoms with van der Waals surface area (Å²) in [5.41, 5.74) is 5.72. The average Bonchev–Trinajstić information content (AvgIpc) is 2.62. The fraction of sp³-hybridized carbons (Fsp3) is 0.944. The van der Waals surface area contributed by atoms with Gasteiger partial charge in [-0.05, 0) is 39.0 Å². The Balaban J connectivity index is 0.00000208. The first-order chi connectivity index (χ1) is 11.2. The summed E-state index contributed by atoms with van der Waals surface area (Å²) in [5.74, 6) is 0.146. The normalized spacial score (nSPS) is 30.9. The number of carbonyl (C=O) groups is 1. The Kier molecular flexibility index (Phi) is 6.94. The molecule has 3 rings (SSSR count). The third-order valence-electron chi connectivity index (χ3n) is 6.56. The molecule has 24 heavy (non-hydrogen) atoms. The van der Waals surface area contributed by atoms with E-state index in [-0.39, 0.29) is 29.8 Å². The van der Waals surface area contributed by atoms with Crippen molar-refractivity contribution in [3.63, 3.8) is 0 Å². The Labute approximate surface area is 151 Å². The molecular formula is C18H33ClN2O3. The zero-order valence-electron chi connectivity index (χ0n) is 14.9. The molecular weight excluding hydrogens is 328 g/mol. The van der Waals surface area contributed by atoms with E-state index in [1.807, 2.05) is 0 Å². The van der Waals surface area contributed by atoms with E-state index in [1.54, 1.807) is 0 Å². The van der Waals surface area contributed by atoms with E-state index >= 15 is 0 Å². The monoisotopic (exact) mass is 360 g/mol. The Bertz CT molecular complexity index is 420. The second kappa shape index (κ2) is 8.35. The Morgan fingerprint density at radius 3 is 2.46 bits per heavy atom. The van der Waals surface area contributed by atoms with Gasteiger partial charge in [0.05, 0.1) is 11.5 Å². The van der Waals surface area contributed by atoms with Crippen LogP contribution in [0.3, 0.4) is 0 Å². The number of rotatable bonds is 5. The molecule has 2 atom stereocenters. The maximum atomic E-state index is 13.0. The van der Waals surface area contributed by atoms with Crippen molar-refractivity contribution in [2.75, 3.05) is 26.4 Å². The van der Waals surface area contributed by atoms with Crippen molar-refractivity contribution < 1.29 is 14.3 Å². The van der Waals surface area contributed by atoms with Gasteiger partial charge in [-0.25, -0.2) is 0 Å². The van der Waals surface area contributed by atoms with Crippen LogP contribution in [0.5, 0.6) is 0 Å². The van der Waals surface area contributed by atoms with Crippen LogP contribution >= 0.6 is 12.4 Å². The molecule has 3 aliphatic rings. The van der Waals surface area contributed by atoms with Gasteiger partial charge in [0.2, 0.25) is 5.91 Å². The number of nitrogens with two attached hydrogens (primary N) is 1. The van der Waals surface area contributed by atoms with E-state index in [2.05, 4.69) is 12.2 Å². The maximum Gasteiger partial charge on any atom is 0.227 e. The van der Waals surface area contributed by atoms with E-state index in [9.17, 15) is 4.79 Å². The van der Waals surface area contributed by atoms with Gasteiger partial charge in [-0.1, -0.05) is 19.3 Å². The van der Waals surface area contributed by atoms with Gasteiger partial charge in [0, 0.05) is 37.8 Å². The number of nitrogens with one attached hydrogen (secondary N) is 1. The minimum Gasteiger partial charge on any atom is -0.381 e. The summed E-state index contributed by atoms with van der Waals surface area (Å²) in [7, 11) is 0. The minimum absolute atomic E-state index is 0. The molecule has 1 saturated heterocycles. The van der Waals surface area contributed by atoms with Gasteiger partial charge in [0.1, 0.15) is 0 Å². The smallest absolute Gasteiger partial charge is 0.227 e. The molecule has 0 bridgehead atoms. The molecule has 0 aromatic rings. The van der Waals surface area contributed by atoms with E-state index < -0.39 is 5.41 Å². The standard InChI is InChI=1S/C18H32N2O3.ClH/c1-2-23-15-12-14(18(15)6-4-3-5-7-18)20-16(21)17(13-19)8-10-22-11-9-17;/h14-15H,2-13,19H2,1H3,(H,20,21);1H. The van der Waals surface area contributed by atoms with Crippen LogP contribution < -0.4 is 11.1 Å². The lowest BCUT2D eigenvalue weighted by atomic mass is 9.55. The fourth-order valence-electron chi connectivity index (χ4n) is 4.86. The first-order valence-electron chi connectivity index (χ1n) is 9.37. The molecule has 1 aliphatic heterocycles. The van der Waals surface area contributed by atoms with Crippen LogP contribution in [0.25, 0.3) is 0 Å². The highest BCUT2D eigenvalue weighted by Crippen LogP contribution is 2.53. The average molecular weight is 361 g/mol. The Morgan fingerprint density at radius 2 is 1.88 bits per heavy atom. The van der Waals surface area contributed by atoms with E-state index in [1.165, 1.54) is 32.1 Å². The summed E-state index contributed by atoms with van der Waals surface area (Å²) in [4.78, 5) is 13.0. The lowest BCUT2D eigenvalue weighted by Gasteiger charge is -2.58. The van der Waals surface area contributed by atoms with Crippen LogP contribution in [0.15, 0.2) is 0 Å². The van der Waals surface area contributed by atoms with Gasteiger partial charge < -0.3 is 20.5 Å². The van der Waals surface area contributed by atoms with Gasteiger partial charge in [-0.2, -0.15) is 0 Å². The van der Waals surface area contributed by atoms with E-state index in [4.69, 9.17) is 15.2 Å². The molecule has 1 spiro atoms. The minimum atomic E-state index is -0.426. The van der Waals surface area contributed by atoms with Crippen LogP contribution in [0.1, 0.15) is 58.3 Å². The number of hydrogen-bond acceptors (Lipinski definition) is 4. The topological polar surface area (TPSA) is 73.6 Å². The summed E-state index contributed by atoms with van der Waals surface area (Å²) in [6.45, 7) is 4.52. The summed E-state index contributed by atoms with van der Waals surface area (Å²) in [6, 6.07) is 0.262. The Hall–Kier alpha value is -0.360. The predicted molar refractivity (Wildman–Crippen MR) is 96.3 cm³/mol. The molecule has 1 heterocycles. The first-order valence-corrected chi connectivity index (χ1v) is 9.37. The molecule has 0 radical (unpaired) electrons. The number of carbonyl (C=O) groups excluding carboxylic acids is 1. The highest BCUT2D eigenvalue weighted by atomic mass is 35.5. The predicted octanol–water partition coefficient (Wildman–Crippen LogP) is 2.41. The van der Waals surface area contributed by atoms with E-state index in [0.29, 0.717) is 25.9 Å². The largest absolute Gasteiger partial charge is 0.381 e. The fourth-order valence-corrected chi connectivity index (χ4v) is 4.86. The Morgan fingerprint density at radius 1 is 1.21 bits per heavy atom. The lowest BCUT2D eigenvalue weighted by Crippen LogP contribution is -2.67. The first kappa shape index (κ1) is 20.0. The van der Waals surface area contributed by atoms with Crippen molar-refractivity contribution in [1.82, 2.24) is 5.32 Å². The molecule has 5 nitrogen and oxygen atoms in total. The van der Waals surface area contributed by atoms with Crippen molar-refractivity contribution in [3.8, 4) is 0 Å². The second-order valence-electron chi connectivity index (χ2n) is 7.60. The SMILES string of the molecule is CCOC1CC(NC(=O)C2(CN)CCOCC2)C12CCCCC2.Cl. The molecule has 3 fully saturated rings. The zero-order chi connectivity index (χ0) is 16.3. The van der Waals surface area contributed by atoms with Gasteiger partial charge >= 0.3 is 0 Å². The molecule has 6 heteroatoms.